The Bertz CT molecular complexity index is 627. The molecular formula is C15H15N3OS. The smallest absolute Gasteiger partial charge is 0.237 e. The zero-order chi connectivity index (χ0) is 13.9. The van der Waals surface area contributed by atoms with Crippen molar-refractivity contribution in [3.63, 3.8) is 0 Å². The lowest BCUT2D eigenvalue weighted by Crippen LogP contribution is -2.30. The average Bonchev–Trinajstić information content (AvgIpc) is 2.90. The first-order valence-electron chi connectivity index (χ1n) is 6.46. The van der Waals surface area contributed by atoms with Crippen molar-refractivity contribution in [1.82, 2.24) is 4.98 Å². The van der Waals surface area contributed by atoms with Crippen LogP contribution in [0.5, 0.6) is 0 Å². The predicted octanol–water partition coefficient (Wildman–Crippen LogP) is 2.35. The number of hydrogen-bond acceptors (Lipinski definition) is 4. The molecule has 102 valence electrons. The van der Waals surface area contributed by atoms with Crippen molar-refractivity contribution in [3.05, 3.63) is 48.2 Å². The lowest BCUT2D eigenvalue weighted by atomic mass is 10.2. The highest BCUT2D eigenvalue weighted by Crippen LogP contribution is 2.28. The van der Waals surface area contributed by atoms with Gasteiger partial charge in [-0.25, -0.2) is 4.98 Å². The van der Waals surface area contributed by atoms with Crippen molar-refractivity contribution in [2.24, 2.45) is 0 Å². The van der Waals surface area contributed by atoms with E-state index < -0.39 is 0 Å². The van der Waals surface area contributed by atoms with Gasteiger partial charge in [0.2, 0.25) is 5.91 Å². The second kappa shape index (κ2) is 5.54. The minimum atomic E-state index is 0.136. The quantitative estimate of drug-likeness (QED) is 0.879. The minimum absolute atomic E-state index is 0.136. The summed E-state index contributed by atoms with van der Waals surface area (Å²) >= 11 is 1.49. The largest absolute Gasteiger partial charge is 0.384 e. The van der Waals surface area contributed by atoms with E-state index in [0.29, 0.717) is 11.6 Å². The van der Waals surface area contributed by atoms with E-state index >= 15 is 0 Å². The molecule has 1 aliphatic rings. The number of anilines is 2. The van der Waals surface area contributed by atoms with Gasteiger partial charge in [-0.05, 0) is 30.2 Å². The SMILES string of the molecule is Nc1ccc(SCC(=O)N2CCc3ccccc32)cn1. The Hall–Kier alpha value is -2.01. The topological polar surface area (TPSA) is 59.2 Å². The Balaban J connectivity index is 1.65. The summed E-state index contributed by atoms with van der Waals surface area (Å²) in [7, 11) is 0. The van der Waals surface area contributed by atoms with E-state index in [1.807, 2.05) is 29.2 Å². The third-order valence-electron chi connectivity index (χ3n) is 3.31. The standard InChI is InChI=1S/C15H15N3OS/c16-14-6-5-12(9-17-14)20-10-15(19)18-8-7-11-3-1-2-4-13(11)18/h1-6,9H,7-8,10H2,(H2,16,17). The van der Waals surface area contributed by atoms with Crippen molar-refractivity contribution in [2.45, 2.75) is 11.3 Å². The number of nitrogen functional groups attached to an aromatic ring is 1. The third-order valence-corrected chi connectivity index (χ3v) is 4.28. The second-order valence-corrected chi connectivity index (χ2v) is 5.68. The molecule has 1 aromatic carbocycles. The summed E-state index contributed by atoms with van der Waals surface area (Å²) < 4.78 is 0. The Morgan fingerprint density at radius 1 is 1.30 bits per heavy atom. The summed E-state index contributed by atoms with van der Waals surface area (Å²) in [6.45, 7) is 0.777. The molecule has 5 heteroatoms. The van der Waals surface area contributed by atoms with Gasteiger partial charge in [-0.3, -0.25) is 4.79 Å². The molecule has 1 amide bonds. The van der Waals surface area contributed by atoms with Crippen LogP contribution in [0.4, 0.5) is 11.5 Å². The molecule has 0 saturated heterocycles. The first-order valence-corrected chi connectivity index (χ1v) is 7.45. The minimum Gasteiger partial charge on any atom is -0.384 e. The molecule has 4 nitrogen and oxygen atoms in total. The van der Waals surface area contributed by atoms with Gasteiger partial charge in [-0.1, -0.05) is 18.2 Å². The van der Waals surface area contributed by atoms with Crippen LogP contribution >= 0.6 is 11.8 Å². The van der Waals surface area contributed by atoms with Gasteiger partial charge >= 0.3 is 0 Å². The number of nitrogens with zero attached hydrogens (tertiary/aromatic N) is 2. The zero-order valence-corrected chi connectivity index (χ0v) is 11.8. The monoisotopic (exact) mass is 285 g/mol. The molecule has 3 rings (SSSR count). The number of rotatable bonds is 3. The molecule has 2 N–H and O–H groups in total. The Morgan fingerprint density at radius 2 is 2.15 bits per heavy atom. The van der Waals surface area contributed by atoms with Crippen LogP contribution in [-0.4, -0.2) is 23.2 Å². The fourth-order valence-corrected chi connectivity index (χ4v) is 3.03. The highest BCUT2D eigenvalue weighted by Gasteiger charge is 2.23. The predicted molar refractivity (Wildman–Crippen MR) is 81.9 cm³/mol. The molecule has 2 aromatic rings. The molecule has 20 heavy (non-hydrogen) atoms. The number of hydrogen-bond donors (Lipinski definition) is 1. The van der Waals surface area contributed by atoms with Gasteiger partial charge in [0.1, 0.15) is 5.82 Å². The van der Waals surface area contributed by atoms with Crippen molar-refractivity contribution in [1.29, 1.82) is 0 Å². The van der Waals surface area contributed by atoms with Crippen LogP contribution in [0.3, 0.4) is 0 Å². The zero-order valence-electron chi connectivity index (χ0n) is 11.0. The summed E-state index contributed by atoms with van der Waals surface area (Å²) in [4.78, 5) is 19.2. The van der Waals surface area contributed by atoms with E-state index in [2.05, 4.69) is 11.1 Å². The third kappa shape index (κ3) is 2.63. The van der Waals surface area contributed by atoms with Crippen molar-refractivity contribution < 1.29 is 4.79 Å². The fourth-order valence-electron chi connectivity index (χ4n) is 2.30. The van der Waals surface area contributed by atoms with Crippen LogP contribution in [0.25, 0.3) is 0 Å². The second-order valence-electron chi connectivity index (χ2n) is 4.63. The molecule has 2 heterocycles. The van der Waals surface area contributed by atoms with Gasteiger partial charge in [0.15, 0.2) is 0 Å². The first kappa shape index (κ1) is 13.0. The van der Waals surface area contributed by atoms with Crippen molar-refractivity contribution >= 4 is 29.2 Å². The van der Waals surface area contributed by atoms with E-state index in [9.17, 15) is 4.79 Å². The first-order chi connectivity index (χ1) is 9.74. The number of pyridine rings is 1. The molecular weight excluding hydrogens is 270 g/mol. The summed E-state index contributed by atoms with van der Waals surface area (Å²) in [6.07, 6.45) is 2.64. The number of amides is 1. The summed E-state index contributed by atoms with van der Waals surface area (Å²) in [6, 6.07) is 11.7. The summed E-state index contributed by atoms with van der Waals surface area (Å²) in [5.74, 6) is 1.05. The fraction of sp³-hybridized carbons (Fsp3) is 0.200. The van der Waals surface area contributed by atoms with Crippen LogP contribution in [0.2, 0.25) is 0 Å². The highest BCUT2D eigenvalue weighted by atomic mass is 32.2. The number of para-hydroxylation sites is 1. The molecule has 0 atom stereocenters. The van der Waals surface area contributed by atoms with Crippen LogP contribution in [0.15, 0.2) is 47.5 Å². The van der Waals surface area contributed by atoms with Crippen LogP contribution in [0.1, 0.15) is 5.56 Å². The van der Waals surface area contributed by atoms with Gasteiger partial charge in [-0.2, -0.15) is 0 Å². The number of fused-ring (bicyclic) bond motifs is 1. The number of thioether (sulfide) groups is 1. The van der Waals surface area contributed by atoms with Gasteiger partial charge < -0.3 is 10.6 Å². The molecule has 0 radical (unpaired) electrons. The molecule has 1 aromatic heterocycles. The van der Waals surface area contributed by atoms with Crippen molar-refractivity contribution in [2.75, 3.05) is 22.9 Å². The maximum absolute atomic E-state index is 12.3. The normalized spacial score (nSPS) is 13.3. The molecule has 1 aliphatic heterocycles. The molecule has 0 aliphatic carbocycles. The molecule has 0 unspecified atom stereocenters. The highest BCUT2D eigenvalue weighted by molar-refractivity contribution is 8.00. The number of carbonyl (C=O) groups is 1. The van der Waals surface area contributed by atoms with E-state index in [4.69, 9.17) is 5.73 Å². The number of nitrogens with two attached hydrogens (primary N) is 1. The molecule has 0 spiro atoms. The van der Waals surface area contributed by atoms with Crippen LogP contribution < -0.4 is 10.6 Å². The van der Waals surface area contributed by atoms with E-state index in [0.717, 1.165) is 23.5 Å². The maximum Gasteiger partial charge on any atom is 0.237 e. The van der Waals surface area contributed by atoms with E-state index in [1.54, 1.807) is 12.3 Å². The number of carbonyl (C=O) groups excluding carboxylic acids is 1. The lowest BCUT2D eigenvalue weighted by molar-refractivity contribution is -0.116. The molecule has 0 bridgehead atoms. The van der Waals surface area contributed by atoms with Crippen LogP contribution in [0, 0.1) is 0 Å². The summed E-state index contributed by atoms with van der Waals surface area (Å²) in [5, 5.41) is 0. The van der Waals surface area contributed by atoms with Gasteiger partial charge in [0.25, 0.3) is 0 Å². The molecule has 0 fully saturated rings. The van der Waals surface area contributed by atoms with Crippen molar-refractivity contribution in [3.8, 4) is 0 Å². The maximum atomic E-state index is 12.3. The van der Waals surface area contributed by atoms with Crippen LogP contribution in [-0.2, 0) is 11.2 Å². The van der Waals surface area contributed by atoms with E-state index in [1.165, 1.54) is 17.3 Å². The molecule has 0 saturated carbocycles. The number of benzene rings is 1. The Morgan fingerprint density at radius 3 is 2.95 bits per heavy atom. The Kier molecular flexibility index (Phi) is 3.60. The lowest BCUT2D eigenvalue weighted by Gasteiger charge is -2.16. The average molecular weight is 285 g/mol. The van der Waals surface area contributed by atoms with Gasteiger partial charge in [-0.15, -0.1) is 11.8 Å². The van der Waals surface area contributed by atoms with E-state index in [-0.39, 0.29) is 5.91 Å². The Labute approximate surface area is 122 Å². The van der Waals surface area contributed by atoms with Gasteiger partial charge in [0, 0.05) is 23.3 Å². The van der Waals surface area contributed by atoms with Gasteiger partial charge in [0.05, 0.1) is 5.75 Å². The number of aromatic nitrogens is 1. The summed E-state index contributed by atoms with van der Waals surface area (Å²) in [5.41, 5.74) is 7.84.